The van der Waals surface area contributed by atoms with Crippen molar-refractivity contribution >= 4 is 5.97 Å². The van der Waals surface area contributed by atoms with E-state index < -0.39 is 0 Å². The van der Waals surface area contributed by atoms with E-state index >= 15 is 0 Å². The normalized spacial score (nSPS) is 12.4. The predicted molar refractivity (Wildman–Crippen MR) is 153 cm³/mol. The van der Waals surface area contributed by atoms with E-state index in [0.29, 0.717) is 13.0 Å². The van der Waals surface area contributed by atoms with E-state index in [1.165, 1.54) is 116 Å². The monoisotopic (exact) mass is 494 g/mol. The van der Waals surface area contributed by atoms with E-state index in [-0.39, 0.29) is 12.1 Å². The molecule has 0 aromatic rings. The summed E-state index contributed by atoms with van der Waals surface area (Å²) < 4.78 is 5.39. The molecule has 0 saturated carbocycles. The Morgan fingerprint density at radius 3 is 1.63 bits per heavy atom. The van der Waals surface area contributed by atoms with E-state index in [1.54, 1.807) is 0 Å². The van der Waals surface area contributed by atoms with Gasteiger partial charge in [0.2, 0.25) is 0 Å². The van der Waals surface area contributed by atoms with Crippen molar-refractivity contribution in [2.45, 2.75) is 180 Å². The van der Waals surface area contributed by atoms with Crippen molar-refractivity contribution in [2.75, 3.05) is 6.61 Å². The Labute approximate surface area is 219 Å². The highest BCUT2D eigenvalue weighted by Crippen LogP contribution is 2.13. The molecule has 0 radical (unpaired) electrons. The van der Waals surface area contributed by atoms with Crippen LogP contribution in [-0.4, -0.2) is 23.8 Å². The molecule has 35 heavy (non-hydrogen) atoms. The van der Waals surface area contributed by atoms with Crippen LogP contribution in [0.4, 0.5) is 0 Å². The molecule has 0 spiro atoms. The molecule has 1 atom stereocenters. The van der Waals surface area contributed by atoms with Crippen LogP contribution >= 0.6 is 0 Å². The fourth-order valence-corrected chi connectivity index (χ4v) is 4.52. The summed E-state index contributed by atoms with van der Waals surface area (Å²) in [5.41, 5.74) is 0. The second kappa shape index (κ2) is 29.4. The molecule has 0 heterocycles. The van der Waals surface area contributed by atoms with Gasteiger partial charge in [-0.3, -0.25) is 4.79 Å². The third-order valence-electron chi connectivity index (χ3n) is 7.06. The SMILES string of the molecule is CCCCCCCC/C=C/CCCCCCCC(=O)OCCCCCCCCCCCC(O)CC. The fourth-order valence-electron chi connectivity index (χ4n) is 4.52. The number of carbonyl (C=O) groups is 1. The minimum atomic E-state index is -0.0916. The lowest BCUT2D eigenvalue weighted by molar-refractivity contribution is -0.143. The van der Waals surface area contributed by atoms with E-state index in [9.17, 15) is 9.90 Å². The molecule has 0 fully saturated rings. The molecule has 0 aromatic carbocycles. The molecule has 0 aliphatic heterocycles. The topological polar surface area (TPSA) is 46.5 Å². The Kier molecular flexibility index (Phi) is 28.7. The Bertz CT molecular complexity index is 446. The van der Waals surface area contributed by atoms with Gasteiger partial charge in [-0.25, -0.2) is 0 Å². The molecule has 1 N–H and O–H groups in total. The van der Waals surface area contributed by atoms with Crippen LogP contribution < -0.4 is 0 Å². The first kappa shape index (κ1) is 34.2. The molecule has 208 valence electrons. The van der Waals surface area contributed by atoms with Gasteiger partial charge < -0.3 is 9.84 Å². The van der Waals surface area contributed by atoms with Crippen LogP contribution in [0, 0.1) is 0 Å². The number of aliphatic hydroxyl groups is 1. The van der Waals surface area contributed by atoms with Gasteiger partial charge in [-0.1, -0.05) is 129 Å². The smallest absolute Gasteiger partial charge is 0.305 e. The summed E-state index contributed by atoms with van der Waals surface area (Å²) in [7, 11) is 0. The van der Waals surface area contributed by atoms with Crippen molar-refractivity contribution in [1.29, 1.82) is 0 Å². The van der Waals surface area contributed by atoms with Gasteiger partial charge in [-0.05, 0) is 51.4 Å². The quantitative estimate of drug-likeness (QED) is 0.0668. The summed E-state index contributed by atoms with van der Waals surface area (Å²) in [5, 5.41) is 9.54. The summed E-state index contributed by atoms with van der Waals surface area (Å²) >= 11 is 0. The lowest BCUT2D eigenvalue weighted by atomic mass is 10.0. The van der Waals surface area contributed by atoms with Gasteiger partial charge in [0.1, 0.15) is 0 Å². The first-order valence-corrected chi connectivity index (χ1v) is 15.7. The molecule has 0 aliphatic carbocycles. The highest BCUT2D eigenvalue weighted by Gasteiger charge is 2.03. The van der Waals surface area contributed by atoms with Crippen molar-refractivity contribution in [2.24, 2.45) is 0 Å². The first-order valence-electron chi connectivity index (χ1n) is 15.7. The van der Waals surface area contributed by atoms with Gasteiger partial charge in [0.15, 0.2) is 0 Å². The number of carbonyl (C=O) groups excluding carboxylic acids is 1. The molecule has 3 heteroatoms. The Morgan fingerprint density at radius 2 is 1.09 bits per heavy atom. The van der Waals surface area contributed by atoms with Gasteiger partial charge in [0, 0.05) is 6.42 Å². The van der Waals surface area contributed by atoms with Gasteiger partial charge >= 0.3 is 5.97 Å². The van der Waals surface area contributed by atoms with Gasteiger partial charge in [-0.2, -0.15) is 0 Å². The summed E-state index contributed by atoms with van der Waals surface area (Å²) in [6.07, 6.45) is 34.8. The molecule has 0 rings (SSSR count). The largest absolute Gasteiger partial charge is 0.466 e. The maximum atomic E-state index is 11.9. The van der Waals surface area contributed by atoms with Crippen LogP contribution in [0.25, 0.3) is 0 Å². The number of hydrogen-bond donors (Lipinski definition) is 1. The van der Waals surface area contributed by atoms with Crippen LogP contribution in [0.1, 0.15) is 174 Å². The number of hydrogen-bond acceptors (Lipinski definition) is 3. The van der Waals surface area contributed by atoms with E-state index in [1.807, 2.05) is 6.92 Å². The zero-order chi connectivity index (χ0) is 25.7. The third kappa shape index (κ3) is 29.3. The number of esters is 1. The zero-order valence-electron chi connectivity index (χ0n) is 23.9. The van der Waals surface area contributed by atoms with E-state index in [2.05, 4.69) is 19.1 Å². The fraction of sp³-hybridized carbons (Fsp3) is 0.906. The Balaban J connectivity index is 3.22. The molecule has 1 unspecified atom stereocenters. The van der Waals surface area contributed by atoms with Crippen molar-refractivity contribution in [3.8, 4) is 0 Å². The first-order chi connectivity index (χ1) is 17.2. The van der Waals surface area contributed by atoms with Crippen LogP contribution in [0.5, 0.6) is 0 Å². The van der Waals surface area contributed by atoms with Crippen molar-refractivity contribution in [1.82, 2.24) is 0 Å². The number of ether oxygens (including phenoxy) is 1. The second-order valence-corrected chi connectivity index (χ2v) is 10.6. The molecule has 0 amide bonds. The number of unbranched alkanes of at least 4 members (excludes halogenated alkanes) is 19. The Hall–Kier alpha value is -0.830. The van der Waals surface area contributed by atoms with E-state index in [0.717, 1.165) is 38.5 Å². The average molecular weight is 495 g/mol. The summed E-state index contributed by atoms with van der Waals surface area (Å²) in [4.78, 5) is 11.9. The molecule has 0 aromatic heterocycles. The van der Waals surface area contributed by atoms with Crippen LogP contribution in [-0.2, 0) is 9.53 Å². The molecular formula is C32H62O3. The minimum Gasteiger partial charge on any atom is -0.466 e. The molecule has 3 nitrogen and oxygen atoms in total. The second-order valence-electron chi connectivity index (χ2n) is 10.6. The maximum Gasteiger partial charge on any atom is 0.305 e. The molecule has 0 aliphatic rings. The standard InChI is InChI=1S/C32H62O3/c1-3-5-6-7-8-9-10-11-12-13-14-17-20-23-26-29-32(34)35-30-27-24-21-18-15-16-19-22-25-28-31(33)4-2/h11-12,31,33H,3-10,13-30H2,1-2H3/b12-11+. The third-order valence-corrected chi connectivity index (χ3v) is 7.06. The summed E-state index contributed by atoms with van der Waals surface area (Å²) in [6.45, 7) is 4.92. The number of aliphatic hydroxyl groups excluding tert-OH is 1. The minimum absolute atomic E-state index is 0.00387. The van der Waals surface area contributed by atoms with Gasteiger partial charge in [0.05, 0.1) is 12.7 Å². The highest BCUT2D eigenvalue weighted by atomic mass is 16.5. The van der Waals surface area contributed by atoms with E-state index in [4.69, 9.17) is 4.74 Å². The molecule has 0 saturated heterocycles. The van der Waals surface area contributed by atoms with Crippen LogP contribution in [0.3, 0.4) is 0 Å². The summed E-state index contributed by atoms with van der Waals surface area (Å²) in [6, 6.07) is 0. The van der Waals surface area contributed by atoms with Crippen molar-refractivity contribution in [3.63, 3.8) is 0 Å². The van der Waals surface area contributed by atoms with Gasteiger partial charge in [0.25, 0.3) is 0 Å². The lowest BCUT2D eigenvalue weighted by Gasteiger charge is -2.07. The predicted octanol–water partition coefficient (Wildman–Crippen LogP) is 10.2. The number of allylic oxidation sites excluding steroid dienone is 2. The maximum absolute atomic E-state index is 11.9. The van der Waals surface area contributed by atoms with Crippen LogP contribution in [0.15, 0.2) is 12.2 Å². The Morgan fingerprint density at radius 1 is 0.629 bits per heavy atom. The highest BCUT2D eigenvalue weighted by molar-refractivity contribution is 5.69. The lowest BCUT2D eigenvalue weighted by Crippen LogP contribution is -2.05. The zero-order valence-corrected chi connectivity index (χ0v) is 23.9. The van der Waals surface area contributed by atoms with Crippen molar-refractivity contribution in [3.05, 3.63) is 12.2 Å². The molecular weight excluding hydrogens is 432 g/mol. The van der Waals surface area contributed by atoms with Crippen molar-refractivity contribution < 1.29 is 14.6 Å². The number of rotatable bonds is 28. The van der Waals surface area contributed by atoms with Gasteiger partial charge in [-0.15, -0.1) is 0 Å². The van der Waals surface area contributed by atoms with Crippen LogP contribution in [0.2, 0.25) is 0 Å². The summed E-state index contributed by atoms with van der Waals surface area (Å²) in [5.74, 6) is -0.00387. The average Bonchev–Trinajstić information content (AvgIpc) is 2.86. The molecule has 0 bridgehead atoms.